The number of hydrogen-bond acceptors (Lipinski definition) is 2. The van der Waals surface area contributed by atoms with E-state index < -0.39 is 29.8 Å². The first kappa shape index (κ1) is 16.0. The smallest absolute Gasteiger partial charge is 0.296 e. The average molecular weight is 279 g/mol. The zero-order valence-corrected chi connectivity index (χ0v) is 11.4. The number of carbonyl (C=O) groups is 2. The molecule has 0 aliphatic carbocycles. The minimum atomic E-state index is -4.19. The Labute approximate surface area is 110 Å². The van der Waals surface area contributed by atoms with Gasteiger partial charge in [-0.2, -0.15) is 13.2 Å². The summed E-state index contributed by atoms with van der Waals surface area (Å²) in [5.41, 5.74) is -0.682. The third kappa shape index (κ3) is 4.21. The fourth-order valence-electron chi connectivity index (χ4n) is 3.10. The highest BCUT2D eigenvalue weighted by molar-refractivity contribution is 5.99. The van der Waals surface area contributed by atoms with Gasteiger partial charge in [-0.15, -0.1) is 0 Å². The molecule has 0 spiro atoms. The lowest BCUT2D eigenvalue weighted by molar-refractivity contribution is -0.147. The van der Waals surface area contributed by atoms with Gasteiger partial charge in [-0.3, -0.25) is 14.9 Å². The molecule has 2 unspecified atom stereocenters. The zero-order chi connectivity index (χ0) is 14.8. The molecular weight excluding hydrogens is 259 g/mol. The minimum absolute atomic E-state index is 0.0102. The van der Waals surface area contributed by atoms with E-state index in [0.717, 1.165) is 0 Å². The molecule has 1 saturated heterocycles. The third-order valence-corrected chi connectivity index (χ3v) is 3.74. The molecule has 2 amide bonds. The van der Waals surface area contributed by atoms with Gasteiger partial charge >= 0.3 is 6.18 Å². The predicted octanol–water partition coefficient (Wildman–Crippen LogP) is 3.04. The van der Waals surface area contributed by atoms with Crippen LogP contribution in [0.2, 0.25) is 0 Å². The maximum absolute atomic E-state index is 12.2. The van der Waals surface area contributed by atoms with Gasteiger partial charge in [0, 0.05) is 18.8 Å². The van der Waals surface area contributed by atoms with Crippen LogP contribution in [0.4, 0.5) is 13.2 Å². The molecule has 110 valence electrons. The van der Waals surface area contributed by atoms with Gasteiger partial charge in [0.1, 0.15) is 0 Å². The van der Waals surface area contributed by atoms with Crippen LogP contribution in [-0.4, -0.2) is 18.0 Å². The van der Waals surface area contributed by atoms with Gasteiger partial charge in [0.05, 0.1) is 0 Å². The topological polar surface area (TPSA) is 46.2 Å². The van der Waals surface area contributed by atoms with Gasteiger partial charge in [-0.05, 0) is 24.2 Å². The second-order valence-corrected chi connectivity index (χ2v) is 5.93. The molecule has 1 aliphatic rings. The molecule has 6 heteroatoms. The number of nitrogens with one attached hydrogen (secondary N) is 1. The molecule has 0 bridgehead atoms. The molecule has 1 heterocycles. The number of hydrogen-bond donors (Lipinski definition) is 1. The highest BCUT2D eigenvalue weighted by atomic mass is 19.4. The number of amides is 2. The van der Waals surface area contributed by atoms with Crippen LogP contribution in [0.15, 0.2) is 0 Å². The molecule has 0 aromatic rings. The Morgan fingerprint density at radius 2 is 1.95 bits per heavy atom. The van der Waals surface area contributed by atoms with Crippen LogP contribution in [-0.2, 0) is 9.59 Å². The molecule has 19 heavy (non-hydrogen) atoms. The van der Waals surface area contributed by atoms with E-state index in [9.17, 15) is 22.8 Å². The first-order valence-corrected chi connectivity index (χ1v) is 6.45. The van der Waals surface area contributed by atoms with E-state index in [1.165, 1.54) is 0 Å². The highest BCUT2D eigenvalue weighted by Gasteiger charge is 2.46. The van der Waals surface area contributed by atoms with Crippen LogP contribution < -0.4 is 5.32 Å². The monoisotopic (exact) mass is 279 g/mol. The molecule has 0 saturated carbocycles. The van der Waals surface area contributed by atoms with Gasteiger partial charge in [-0.1, -0.05) is 20.8 Å². The third-order valence-electron chi connectivity index (χ3n) is 3.74. The maximum Gasteiger partial charge on any atom is 0.389 e. The van der Waals surface area contributed by atoms with E-state index in [4.69, 9.17) is 0 Å². The summed E-state index contributed by atoms with van der Waals surface area (Å²) in [5.74, 6) is -1.18. The summed E-state index contributed by atoms with van der Waals surface area (Å²) in [6, 6.07) is 0. The van der Waals surface area contributed by atoms with Crippen LogP contribution in [0.3, 0.4) is 0 Å². The molecule has 0 aromatic heterocycles. The molecule has 0 aromatic carbocycles. The SMILES string of the molecule is CC(C)C1C(=O)NC(=O)CC1(C)CCCC(F)(F)F. The van der Waals surface area contributed by atoms with E-state index >= 15 is 0 Å². The van der Waals surface area contributed by atoms with Crippen molar-refractivity contribution < 1.29 is 22.8 Å². The van der Waals surface area contributed by atoms with Gasteiger partial charge < -0.3 is 0 Å². The number of rotatable bonds is 4. The second-order valence-electron chi connectivity index (χ2n) is 5.93. The maximum atomic E-state index is 12.2. The Hall–Kier alpha value is -1.07. The average Bonchev–Trinajstić information content (AvgIpc) is 2.11. The first-order chi connectivity index (χ1) is 8.55. The van der Waals surface area contributed by atoms with Gasteiger partial charge in [-0.25, -0.2) is 0 Å². The van der Waals surface area contributed by atoms with Crippen molar-refractivity contribution in [3.63, 3.8) is 0 Å². The van der Waals surface area contributed by atoms with Gasteiger partial charge in [0.25, 0.3) is 0 Å². The van der Waals surface area contributed by atoms with Crippen LogP contribution in [0, 0.1) is 17.3 Å². The van der Waals surface area contributed by atoms with E-state index in [1.807, 2.05) is 13.8 Å². The molecule has 2 atom stereocenters. The quantitative estimate of drug-likeness (QED) is 0.804. The normalized spacial score (nSPS) is 28.7. The van der Waals surface area contributed by atoms with Gasteiger partial charge in [0.15, 0.2) is 0 Å². The lowest BCUT2D eigenvalue weighted by atomic mass is 9.64. The summed E-state index contributed by atoms with van der Waals surface area (Å²) >= 11 is 0. The van der Waals surface area contributed by atoms with Crippen LogP contribution in [0.25, 0.3) is 0 Å². The summed E-state index contributed by atoms with van der Waals surface area (Å²) in [5, 5.41) is 2.27. The first-order valence-electron chi connectivity index (χ1n) is 6.45. The summed E-state index contributed by atoms with van der Waals surface area (Å²) in [6.07, 6.45) is -4.77. The van der Waals surface area contributed by atoms with Crippen molar-refractivity contribution >= 4 is 11.8 Å². The predicted molar refractivity (Wildman–Crippen MR) is 64.1 cm³/mol. The van der Waals surface area contributed by atoms with E-state index in [-0.39, 0.29) is 31.1 Å². The Bertz CT molecular complexity index is 365. The zero-order valence-electron chi connectivity index (χ0n) is 11.4. The number of carbonyl (C=O) groups excluding carboxylic acids is 2. The lowest BCUT2D eigenvalue weighted by Crippen LogP contribution is -2.52. The van der Waals surface area contributed by atoms with Crippen molar-refractivity contribution in [2.24, 2.45) is 17.3 Å². The number of halogens is 3. The van der Waals surface area contributed by atoms with Crippen molar-refractivity contribution in [3.8, 4) is 0 Å². The largest absolute Gasteiger partial charge is 0.389 e. The van der Waals surface area contributed by atoms with Crippen LogP contribution in [0.5, 0.6) is 0 Å². The summed E-state index contributed by atoms with van der Waals surface area (Å²) in [4.78, 5) is 23.3. The molecule has 1 N–H and O–H groups in total. The molecule has 1 aliphatic heterocycles. The van der Waals surface area contributed by atoms with Crippen LogP contribution >= 0.6 is 0 Å². The van der Waals surface area contributed by atoms with Crippen molar-refractivity contribution in [1.82, 2.24) is 5.32 Å². The molecule has 0 radical (unpaired) electrons. The van der Waals surface area contributed by atoms with Crippen molar-refractivity contribution in [3.05, 3.63) is 0 Å². The lowest BCUT2D eigenvalue weighted by Gasteiger charge is -2.42. The summed E-state index contributed by atoms with van der Waals surface area (Å²) in [6.45, 7) is 5.44. The number of alkyl halides is 3. The van der Waals surface area contributed by atoms with E-state index in [1.54, 1.807) is 6.92 Å². The van der Waals surface area contributed by atoms with E-state index in [0.29, 0.717) is 0 Å². The molecule has 1 rings (SSSR count). The van der Waals surface area contributed by atoms with Crippen molar-refractivity contribution in [2.75, 3.05) is 0 Å². The van der Waals surface area contributed by atoms with E-state index in [2.05, 4.69) is 5.32 Å². The molecule has 1 fully saturated rings. The minimum Gasteiger partial charge on any atom is -0.296 e. The van der Waals surface area contributed by atoms with Crippen molar-refractivity contribution in [2.45, 2.75) is 52.6 Å². The van der Waals surface area contributed by atoms with Crippen molar-refractivity contribution in [1.29, 1.82) is 0 Å². The molecule has 3 nitrogen and oxygen atoms in total. The Kier molecular flexibility index (Phi) is 4.63. The Morgan fingerprint density at radius 3 is 2.42 bits per heavy atom. The summed E-state index contributed by atoms with van der Waals surface area (Å²) < 4.78 is 36.6. The standard InChI is InChI=1S/C13H20F3NO2/c1-8(2)10-11(19)17-9(18)7-12(10,3)5-4-6-13(14,15)16/h8,10H,4-7H2,1-3H3,(H,17,18,19). The number of imide groups is 1. The highest BCUT2D eigenvalue weighted by Crippen LogP contribution is 2.43. The molecular formula is C13H20F3NO2. The second kappa shape index (κ2) is 5.51. The fourth-order valence-corrected chi connectivity index (χ4v) is 3.10. The van der Waals surface area contributed by atoms with Gasteiger partial charge in [0.2, 0.25) is 11.8 Å². The fraction of sp³-hybridized carbons (Fsp3) is 0.846. The number of piperidine rings is 1. The summed E-state index contributed by atoms with van der Waals surface area (Å²) in [7, 11) is 0. The Morgan fingerprint density at radius 1 is 1.37 bits per heavy atom. The van der Waals surface area contributed by atoms with Crippen LogP contribution in [0.1, 0.15) is 46.5 Å². The Balaban J connectivity index is 2.78.